The summed E-state index contributed by atoms with van der Waals surface area (Å²) in [5, 5.41) is 6.78. The first kappa shape index (κ1) is 21.5. The maximum atomic E-state index is 12.2. The molecule has 2 N–H and O–H groups in total. The highest BCUT2D eigenvalue weighted by Gasteiger charge is 2.20. The van der Waals surface area contributed by atoms with Crippen LogP contribution in [0.2, 0.25) is 0 Å². The molecule has 1 heterocycles. The number of nitrogens with zero attached hydrogens (tertiary/aromatic N) is 2. The molecule has 6 heteroatoms. The summed E-state index contributed by atoms with van der Waals surface area (Å²) >= 11 is 0. The zero-order valence-electron chi connectivity index (χ0n) is 16.8. The van der Waals surface area contributed by atoms with Gasteiger partial charge in [-0.25, -0.2) is 4.79 Å². The van der Waals surface area contributed by atoms with Gasteiger partial charge in [0, 0.05) is 16.5 Å². The van der Waals surface area contributed by atoms with E-state index >= 15 is 0 Å². The second-order valence-electron chi connectivity index (χ2n) is 6.95. The molecule has 30 heavy (non-hydrogen) atoms. The summed E-state index contributed by atoms with van der Waals surface area (Å²) in [6.07, 6.45) is 0. The van der Waals surface area contributed by atoms with Crippen LogP contribution in [0.15, 0.2) is 72.8 Å². The minimum atomic E-state index is -0.376. The van der Waals surface area contributed by atoms with Crippen molar-refractivity contribution in [2.24, 2.45) is 0 Å². The predicted molar refractivity (Wildman–Crippen MR) is 113 cm³/mol. The first-order valence-corrected chi connectivity index (χ1v) is 9.40. The summed E-state index contributed by atoms with van der Waals surface area (Å²) in [4.78, 5) is 12.2. The fraction of sp³-hybridized carbons (Fsp3) is 0.125. The summed E-state index contributed by atoms with van der Waals surface area (Å²) in [7, 11) is 1.38. The van der Waals surface area contributed by atoms with Crippen LogP contribution < -0.4 is 27.4 Å². The van der Waals surface area contributed by atoms with Gasteiger partial charge in [0.05, 0.1) is 18.1 Å². The van der Waals surface area contributed by atoms with E-state index in [-0.39, 0.29) is 23.0 Å². The monoisotopic (exact) mass is 463 g/mol. The molecule has 0 bridgehead atoms. The van der Waals surface area contributed by atoms with E-state index < -0.39 is 0 Å². The maximum absolute atomic E-state index is 12.2. The lowest BCUT2D eigenvalue weighted by Crippen LogP contribution is -3.00. The molecule has 0 unspecified atom stereocenters. The number of hydrogen-bond acceptors (Lipinski definition) is 4. The Balaban J connectivity index is 0.00000256. The molecule has 0 spiro atoms. The number of aryl methyl sites for hydroxylation is 1. The molecular formula is C24H22BrN3O2. The molecule has 0 aliphatic heterocycles. The topological polar surface area (TPSA) is 69.1 Å². The van der Waals surface area contributed by atoms with Crippen molar-refractivity contribution in [2.75, 3.05) is 12.8 Å². The number of carbonyl (C=O) groups is 1. The average Bonchev–Trinajstić information content (AvgIpc) is 2.76. The van der Waals surface area contributed by atoms with E-state index in [1.165, 1.54) is 12.7 Å². The number of fused-ring (bicyclic) bond motifs is 1. The van der Waals surface area contributed by atoms with Crippen molar-refractivity contribution < 1.29 is 31.2 Å². The number of halogens is 1. The normalized spacial score (nSPS) is 10.5. The summed E-state index contributed by atoms with van der Waals surface area (Å²) in [6, 6.07) is 23.6. The van der Waals surface area contributed by atoms with E-state index in [1.54, 1.807) is 10.7 Å². The smallest absolute Gasteiger partial charge is 0.338 e. The lowest BCUT2D eigenvalue weighted by molar-refractivity contribution is -0.730. The summed E-state index contributed by atoms with van der Waals surface area (Å²) < 4.78 is 6.67. The molecule has 0 aliphatic carbocycles. The van der Waals surface area contributed by atoms with Crippen LogP contribution in [0, 0.1) is 6.92 Å². The molecule has 0 aliphatic rings. The summed E-state index contributed by atoms with van der Waals surface area (Å²) in [5.41, 5.74) is 10.8. The van der Waals surface area contributed by atoms with Crippen molar-refractivity contribution in [1.29, 1.82) is 0 Å². The van der Waals surface area contributed by atoms with Crippen LogP contribution in [0.25, 0.3) is 22.0 Å². The van der Waals surface area contributed by atoms with Crippen molar-refractivity contribution in [1.82, 2.24) is 5.10 Å². The number of ether oxygens (including phenoxy) is 1. The number of nitrogen functional groups attached to an aromatic ring is 1. The number of methoxy groups -OCH3 is 1. The molecule has 3 aromatic carbocycles. The number of benzene rings is 3. The Morgan fingerprint density at radius 1 is 0.967 bits per heavy atom. The van der Waals surface area contributed by atoms with Crippen LogP contribution in [0.3, 0.4) is 0 Å². The molecule has 0 saturated carbocycles. The van der Waals surface area contributed by atoms with E-state index in [4.69, 9.17) is 15.6 Å². The van der Waals surface area contributed by atoms with Gasteiger partial charge in [0.15, 0.2) is 0 Å². The van der Waals surface area contributed by atoms with Gasteiger partial charge in [-0.2, -0.15) is 0 Å². The average molecular weight is 464 g/mol. The first-order chi connectivity index (χ1) is 14.1. The van der Waals surface area contributed by atoms with Crippen molar-refractivity contribution in [3.8, 4) is 11.3 Å². The van der Waals surface area contributed by atoms with Crippen molar-refractivity contribution >= 4 is 22.6 Å². The van der Waals surface area contributed by atoms with Crippen LogP contribution in [0.4, 0.5) is 5.82 Å². The number of rotatable bonds is 4. The minimum absolute atomic E-state index is 0. The standard InChI is InChI=1S/C24H21N3O2.BrH/c1-16-11-13-17(14-12-16)22-20-9-5-6-10-21(20)23(25)27(26-22)15-18-7-3-4-8-19(18)24(28)29-2;/h3-14,25H,15H2,1-2H3;1H. The number of anilines is 1. The Bertz CT molecular complexity index is 1210. The molecule has 4 aromatic rings. The first-order valence-electron chi connectivity index (χ1n) is 9.40. The Labute approximate surface area is 185 Å². The Kier molecular flexibility index (Phi) is 6.47. The molecule has 0 saturated heterocycles. The van der Waals surface area contributed by atoms with Gasteiger partial charge in [-0.05, 0) is 19.1 Å². The zero-order valence-corrected chi connectivity index (χ0v) is 18.4. The number of aromatic nitrogens is 2. The van der Waals surface area contributed by atoms with E-state index in [1.807, 2.05) is 42.5 Å². The molecule has 152 valence electrons. The van der Waals surface area contributed by atoms with Crippen LogP contribution in [-0.2, 0) is 11.3 Å². The molecule has 0 atom stereocenters. The lowest BCUT2D eigenvalue weighted by atomic mass is 10.0. The maximum Gasteiger partial charge on any atom is 0.338 e. The van der Waals surface area contributed by atoms with Gasteiger partial charge >= 0.3 is 11.8 Å². The van der Waals surface area contributed by atoms with Gasteiger partial charge in [0.2, 0.25) is 0 Å². The zero-order chi connectivity index (χ0) is 20.4. The molecular weight excluding hydrogens is 442 g/mol. The third-order valence-corrected chi connectivity index (χ3v) is 5.02. The summed E-state index contributed by atoms with van der Waals surface area (Å²) in [6.45, 7) is 2.42. The van der Waals surface area contributed by atoms with E-state index in [0.717, 1.165) is 27.6 Å². The van der Waals surface area contributed by atoms with Gasteiger partial charge in [0.1, 0.15) is 12.2 Å². The van der Waals surface area contributed by atoms with Crippen molar-refractivity contribution in [3.63, 3.8) is 0 Å². The molecule has 5 nitrogen and oxygen atoms in total. The predicted octanol–water partition coefficient (Wildman–Crippen LogP) is 0.919. The second-order valence-corrected chi connectivity index (χ2v) is 6.95. The molecule has 1 aromatic heterocycles. The Morgan fingerprint density at radius 2 is 1.60 bits per heavy atom. The van der Waals surface area contributed by atoms with Crippen molar-refractivity contribution in [2.45, 2.75) is 13.5 Å². The van der Waals surface area contributed by atoms with Gasteiger partial charge in [-0.15, -0.1) is 4.68 Å². The molecule has 0 amide bonds. The fourth-order valence-corrected chi connectivity index (χ4v) is 3.45. The van der Waals surface area contributed by atoms with Crippen molar-refractivity contribution in [3.05, 3.63) is 89.5 Å². The fourth-order valence-electron chi connectivity index (χ4n) is 3.45. The molecule has 0 radical (unpaired) electrons. The number of carbonyl (C=O) groups excluding carboxylic acids is 1. The van der Waals surface area contributed by atoms with Crippen LogP contribution in [-0.4, -0.2) is 18.2 Å². The highest BCUT2D eigenvalue weighted by molar-refractivity contribution is 5.98. The van der Waals surface area contributed by atoms with Gasteiger partial charge in [-0.3, -0.25) is 5.73 Å². The van der Waals surface area contributed by atoms with E-state index in [9.17, 15) is 4.79 Å². The SMILES string of the molecule is COC(=O)c1ccccc1C[n+]1nc(-c2ccc(C)cc2)c2ccccc2c1N.[Br-]. The number of nitrogens with two attached hydrogens (primary N) is 1. The quantitative estimate of drug-likeness (QED) is 0.360. The van der Waals surface area contributed by atoms with Gasteiger partial charge < -0.3 is 21.7 Å². The molecule has 0 fully saturated rings. The number of hydrogen-bond donors (Lipinski definition) is 1. The van der Waals surface area contributed by atoms with Crippen LogP contribution in [0.1, 0.15) is 21.5 Å². The third kappa shape index (κ3) is 4.04. The van der Waals surface area contributed by atoms with Gasteiger partial charge in [-0.1, -0.05) is 71.3 Å². The minimum Gasteiger partial charge on any atom is -1.00 e. The highest BCUT2D eigenvalue weighted by Crippen LogP contribution is 2.28. The van der Waals surface area contributed by atoms with Gasteiger partial charge in [0.25, 0.3) is 0 Å². The Morgan fingerprint density at radius 3 is 2.30 bits per heavy atom. The largest absolute Gasteiger partial charge is 1.00 e. The highest BCUT2D eigenvalue weighted by atomic mass is 79.9. The molecule has 4 rings (SSSR count). The van der Waals surface area contributed by atoms with E-state index in [0.29, 0.717) is 17.9 Å². The van der Waals surface area contributed by atoms with Crippen LogP contribution in [0.5, 0.6) is 0 Å². The van der Waals surface area contributed by atoms with E-state index in [2.05, 4.69) is 31.2 Å². The van der Waals surface area contributed by atoms with Crippen LogP contribution >= 0.6 is 0 Å². The summed E-state index contributed by atoms with van der Waals surface area (Å²) in [5.74, 6) is 0.176. The lowest BCUT2D eigenvalue weighted by Gasteiger charge is -2.11. The number of esters is 1. The Hall–Kier alpha value is -3.25. The third-order valence-electron chi connectivity index (χ3n) is 5.02. The second kappa shape index (κ2) is 9.05.